The Morgan fingerprint density at radius 3 is 2.78 bits per heavy atom. The predicted octanol–water partition coefficient (Wildman–Crippen LogP) is -0.102. The zero-order valence-electron chi connectivity index (χ0n) is 10.6. The Morgan fingerprint density at radius 1 is 1.61 bits per heavy atom. The van der Waals surface area contributed by atoms with Crippen LogP contribution in [-0.2, 0) is 26.6 Å². The number of rotatable bonds is 6. The Balaban J connectivity index is 2.60. The standard InChI is InChI=1S/C10H17N3O4S/c1-4-17-10(14)8(2)5-12-18(15,16)9-6-11-13(3)7-9/h6-8,12H,4-5H2,1-3H3/t8-/m1/s1. The van der Waals surface area contributed by atoms with Crippen LogP contribution in [-0.4, -0.2) is 37.3 Å². The second-order valence-corrected chi connectivity index (χ2v) is 5.62. The molecular formula is C10H17N3O4S. The van der Waals surface area contributed by atoms with Crippen molar-refractivity contribution >= 4 is 16.0 Å². The highest BCUT2D eigenvalue weighted by Gasteiger charge is 2.20. The normalized spacial score (nSPS) is 13.3. The number of nitrogens with zero attached hydrogens (tertiary/aromatic N) is 2. The van der Waals surface area contributed by atoms with Crippen molar-refractivity contribution in [2.45, 2.75) is 18.7 Å². The lowest BCUT2D eigenvalue weighted by Gasteiger charge is -2.11. The van der Waals surface area contributed by atoms with Crippen molar-refractivity contribution in [2.24, 2.45) is 13.0 Å². The summed E-state index contributed by atoms with van der Waals surface area (Å²) in [6.07, 6.45) is 2.63. The van der Waals surface area contributed by atoms with E-state index < -0.39 is 21.9 Å². The first-order valence-electron chi connectivity index (χ1n) is 5.51. The molecule has 0 radical (unpaired) electrons. The van der Waals surface area contributed by atoms with Gasteiger partial charge in [-0.25, -0.2) is 13.1 Å². The molecular weight excluding hydrogens is 258 g/mol. The number of hydrogen-bond acceptors (Lipinski definition) is 5. The summed E-state index contributed by atoms with van der Waals surface area (Å²) >= 11 is 0. The minimum atomic E-state index is -3.62. The summed E-state index contributed by atoms with van der Waals surface area (Å²) < 4.78 is 32.2. The van der Waals surface area contributed by atoms with Gasteiger partial charge >= 0.3 is 5.97 Å². The highest BCUT2D eigenvalue weighted by molar-refractivity contribution is 7.89. The Hall–Kier alpha value is -1.41. The van der Waals surface area contributed by atoms with E-state index in [9.17, 15) is 13.2 Å². The number of nitrogens with one attached hydrogen (secondary N) is 1. The largest absolute Gasteiger partial charge is 0.466 e. The zero-order valence-corrected chi connectivity index (χ0v) is 11.4. The molecule has 18 heavy (non-hydrogen) atoms. The number of sulfonamides is 1. The van der Waals surface area contributed by atoms with Crippen LogP contribution in [0.1, 0.15) is 13.8 Å². The van der Waals surface area contributed by atoms with Crippen molar-refractivity contribution in [1.29, 1.82) is 0 Å². The number of hydrogen-bond donors (Lipinski definition) is 1. The van der Waals surface area contributed by atoms with E-state index in [0.29, 0.717) is 0 Å². The molecule has 0 saturated heterocycles. The van der Waals surface area contributed by atoms with E-state index in [0.717, 1.165) is 0 Å². The molecule has 7 nitrogen and oxygen atoms in total. The van der Waals surface area contributed by atoms with Gasteiger partial charge < -0.3 is 4.74 Å². The van der Waals surface area contributed by atoms with Crippen LogP contribution in [0.15, 0.2) is 17.3 Å². The third-order valence-electron chi connectivity index (χ3n) is 2.26. The van der Waals surface area contributed by atoms with E-state index >= 15 is 0 Å². The second kappa shape index (κ2) is 5.96. The summed E-state index contributed by atoms with van der Waals surface area (Å²) in [5, 5.41) is 3.78. The quantitative estimate of drug-likeness (QED) is 0.732. The molecule has 1 rings (SSSR count). The minimum Gasteiger partial charge on any atom is -0.466 e. The molecule has 8 heteroatoms. The maximum atomic E-state index is 11.8. The van der Waals surface area contributed by atoms with Gasteiger partial charge in [0.15, 0.2) is 0 Å². The van der Waals surface area contributed by atoms with E-state index in [-0.39, 0.29) is 18.0 Å². The molecule has 1 aromatic rings. The number of carbonyl (C=O) groups is 1. The summed E-state index contributed by atoms with van der Waals surface area (Å²) in [7, 11) is -2.00. The van der Waals surface area contributed by atoms with Gasteiger partial charge in [-0.05, 0) is 6.92 Å². The number of carbonyl (C=O) groups excluding carboxylic acids is 1. The fraction of sp³-hybridized carbons (Fsp3) is 0.600. The predicted molar refractivity (Wildman–Crippen MR) is 64.2 cm³/mol. The van der Waals surface area contributed by atoms with Gasteiger partial charge in [-0.3, -0.25) is 9.48 Å². The van der Waals surface area contributed by atoms with Crippen LogP contribution in [0.3, 0.4) is 0 Å². The molecule has 0 bridgehead atoms. The SMILES string of the molecule is CCOC(=O)[C@H](C)CNS(=O)(=O)c1cnn(C)c1. The number of aromatic nitrogens is 2. The molecule has 0 aromatic carbocycles. The summed E-state index contributed by atoms with van der Waals surface area (Å²) in [4.78, 5) is 11.4. The third-order valence-corrected chi connectivity index (χ3v) is 3.64. The van der Waals surface area contributed by atoms with E-state index in [4.69, 9.17) is 4.74 Å². The van der Waals surface area contributed by atoms with E-state index in [2.05, 4.69) is 9.82 Å². The first kappa shape index (κ1) is 14.7. The fourth-order valence-corrected chi connectivity index (χ4v) is 2.34. The molecule has 0 unspecified atom stereocenters. The first-order valence-corrected chi connectivity index (χ1v) is 7.00. The maximum absolute atomic E-state index is 11.8. The molecule has 0 aliphatic carbocycles. The molecule has 0 saturated carbocycles. The maximum Gasteiger partial charge on any atom is 0.309 e. The average molecular weight is 275 g/mol. The van der Waals surface area contributed by atoms with E-state index in [1.165, 1.54) is 17.1 Å². The molecule has 0 amide bonds. The number of aryl methyl sites for hydroxylation is 1. The lowest BCUT2D eigenvalue weighted by atomic mass is 10.2. The second-order valence-electron chi connectivity index (χ2n) is 3.85. The third kappa shape index (κ3) is 3.81. The van der Waals surface area contributed by atoms with Crippen LogP contribution in [0.5, 0.6) is 0 Å². The molecule has 0 spiro atoms. The van der Waals surface area contributed by atoms with Crippen molar-refractivity contribution < 1.29 is 17.9 Å². The number of esters is 1. The smallest absolute Gasteiger partial charge is 0.309 e. The molecule has 0 fully saturated rings. The van der Waals surface area contributed by atoms with Gasteiger partial charge in [0.25, 0.3) is 0 Å². The molecule has 1 heterocycles. The minimum absolute atomic E-state index is 0.00391. The summed E-state index contributed by atoms with van der Waals surface area (Å²) in [5.41, 5.74) is 0. The topological polar surface area (TPSA) is 90.3 Å². The van der Waals surface area contributed by atoms with Gasteiger partial charge in [0.05, 0.1) is 18.7 Å². The molecule has 0 aliphatic heterocycles. The Kier molecular flexibility index (Phi) is 4.85. The van der Waals surface area contributed by atoms with Gasteiger partial charge in [-0.2, -0.15) is 5.10 Å². The van der Waals surface area contributed by atoms with Crippen molar-refractivity contribution in [3.05, 3.63) is 12.4 Å². The van der Waals surface area contributed by atoms with Gasteiger partial charge in [0.1, 0.15) is 4.90 Å². The summed E-state index contributed by atoms with van der Waals surface area (Å²) in [5.74, 6) is -0.956. The van der Waals surface area contributed by atoms with Crippen LogP contribution < -0.4 is 4.72 Å². The summed E-state index contributed by atoms with van der Waals surface area (Å²) in [6.45, 7) is 3.57. The molecule has 1 N–H and O–H groups in total. The van der Waals surface area contributed by atoms with Crippen LogP contribution in [0.25, 0.3) is 0 Å². The van der Waals surface area contributed by atoms with Crippen LogP contribution >= 0.6 is 0 Å². The fourth-order valence-electron chi connectivity index (χ4n) is 1.22. The van der Waals surface area contributed by atoms with Gasteiger partial charge in [-0.15, -0.1) is 0 Å². The average Bonchev–Trinajstić information content (AvgIpc) is 2.74. The lowest BCUT2D eigenvalue weighted by Crippen LogP contribution is -2.32. The molecule has 102 valence electrons. The Bertz CT molecular complexity index is 509. The van der Waals surface area contributed by atoms with Crippen molar-refractivity contribution in [1.82, 2.24) is 14.5 Å². The highest BCUT2D eigenvalue weighted by atomic mass is 32.2. The zero-order chi connectivity index (χ0) is 13.8. The Morgan fingerprint density at radius 2 is 2.28 bits per heavy atom. The van der Waals surface area contributed by atoms with Crippen LogP contribution in [0.2, 0.25) is 0 Å². The van der Waals surface area contributed by atoms with E-state index in [1.807, 2.05) is 0 Å². The van der Waals surface area contributed by atoms with Crippen LogP contribution in [0, 0.1) is 5.92 Å². The van der Waals surface area contributed by atoms with Gasteiger partial charge in [0.2, 0.25) is 10.0 Å². The summed E-state index contributed by atoms with van der Waals surface area (Å²) in [6, 6.07) is 0. The molecule has 1 aromatic heterocycles. The number of ether oxygens (including phenoxy) is 1. The highest BCUT2D eigenvalue weighted by Crippen LogP contribution is 2.07. The lowest BCUT2D eigenvalue weighted by molar-refractivity contribution is -0.147. The van der Waals surface area contributed by atoms with Crippen molar-refractivity contribution in [3.8, 4) is 0 Å². The first-order chi connectivity index (χ1) is 8.36. The van der Waals surface area contributed by atoms with Gasteiger partial charge in [-0.1, -0.05) is 6.92 Å². The van der Waals surface area contributed by atoms with E-state index in [1.54, 1.807) is 20.9 Å². The van der Waals surface area contributed by atoms with Crippen LogP contribution in [0.4, 0.5) is 0 Å². The monoisotopic (exact) mass is 275 g/mol. The van der Waals surface area contributed by atoms with Crippen molar-refractivity contribution in [3.63, 3.8) is 0 Å². The Labute approximate surface area is 106 Å². The van der Waals surface area contributed by atoms with Gasteiger partial charge in [0, 0.05) is 19.8 Å². The van der Waals surface area contributed by atoms with Crippen molar-refractivity contribution in [2.75, 3.05) is 13.2 Å². The molecule has 1 atom stereocenters. The molecule has 0 aliphatic rings.